The van der Waals surface area contributed by atoms with Crippen LogP contribution in [0.15, 0.2) is 24.0 Å². The van der Waals surface area contributed by atoms with Crippen molar-refractivity contribution in [3.05, 3.63) is 24.0 Å². The van der Waals surface area contributed by atoms with Crippen LogP contribution in [-0.4, -0.2) is 10.9 Å². The molecular weight excluding hydrogens is 104 g/mol. The Kier molecular flexibility index (Phi) is 0.938. The maximum Gasteiger partial charge on any atom is 0.163 e. The predicted octanol–water partition coefficient (Wildman–Crippen LogP) is 0.957. The Hall–Kier alpha value is -1.05. The van der Waals surface area contributed by atoms with Gasteiger partial charge in [-0.25, -0.2) is 0 Å². The Morgan fingerprint density at radius 3 is 2.50 bits per heavy atom. The summed E-state index contributed by atoms with van der Waals surface area (Å²) in [5.74, 6) is -0.0255. The van der Waals surface area contributed by atoms with Gasteiger partial charge in [0.25, 0.3) is 0 Å². The highest BCUT2D eigenvalue weighted by Gasteiger charge is 2.13. The highest BCUT2D eigenvalue weighted by atomic mass is 16.3. The van der Waals surface area contributed by atoms with Crippen molar-refractivity contribution in [2.45, 2.75) is 6.42 Å². The summed E-state index contributed by atoms with van der Waals surface area (Å²) in [5, 5.41) is 8.71. The molecule has 0 amide bonds. The van der Waals surface area contributed by atoms with E-state index in [-0.39, 0.29) is 18.0 Å². The Bertz CT molecular complexity index is 177. The highest BCUT2D eigenvalue weighted by molar-refractivity contribution is 5.96. The van der Waals surface area contributed by atoms with Crippen molar-refractivity contribution in [1.82, 2.24) is 0 Å². The monoisotopic (exact) mass is 110 g/mol. The second kappa shape index (κ2) is 1.47. The molecule has 1 N–H and O–H groups in total. The van der Waals surface area contributed by atoms with Crippen molar-refractivity contribution in [3.63, 3.8) is 0 Å². The molecule has 0 unspecified atom stereocenters. The summed E-state index contributed by atoms with van der Waals surface area (Å²) < 4.78 is 0. The number of aliphatic hydroxyl groups is 1. The Morgan fingerprint density at radius 1 is 1.75 bits per heavy atom. The third-order valence-corrected chi connectivity index (χ3v) is 1.05. The lowest BCUT2D eigenvalue weighted by Gasteiger charge is -1.87. The molecule has 0 aromatic carbocycles. The van der Waals surface area contributed by atoms with Gasteiger partial charge in [0.1, 0.15) is 5.76 Å². The first-order valence-electron chi connectivity index (χ1n) is 2.32. The van der Waals surface area contributed by atoms with Crippen molar-refractivity contribution in [3.8, 4) is 0 Å². The molecule has 0 saturated heterocycles. The van der Waals surface area contributed by atoms with Gasteiger partial charge in [0.2, 0.25) is 0 Å². The third kappa shape index (κ3) is 0.644. The average Bonchev–Trinajstić information content (AvgIpc) is 1.85. The molecule has 0 spiro atoms. The fraction of sp³-hybridized carbons (Fsp3) is 0.167. The number of allylic oxidation sites excluding steroid dienone is 2. The molecule has 0 heterocycles. The molecule has 2 nitrogen and oxygen atoms in total. The Labute approximate surface area is 47.1 Å². The van der Waals surface area contributed by atoms with E-state index in [1.165, 1.54) is 6.08 Å². The molecule has 0 saturated carbocycles. The normalized spacial score (nSPS) is 19.2. The molecule has 0 aromatic rings. The Balaban J connectivity index is 2.88. The summed E-state index contributed by atoms with van der Waals surface area (Å²) in [6.45, 7) is 3.45. The van der Waals surface area contributed by atoms with Crippen molar-refractivity contribution in [2.75, 3.05) is 0 Å². The van der Waals surface area contributed by atoms with Crippen molar-refractivity contribution in [1.29, 1.82) is 0 Å². The van der Waals surface area contributed by atoms with E-state index < -0.39 is 0 Å². The SMILES string of the molecule is C=C1CC(=O)C=C1O. The number of rotatable bonds is 0. The fourth-order valence-corrected chi connectivity index (χ4v) is 0.606. The van der Waals surface area contributed by atoms with E-state index in [0.717, 1.165) is 0 Å². The van der Waals surface area contributed by atoms with Crippen LogP contribution in [-0.2, 0) is 4.79 Å². The van der Waals surface area contributed by atoms with Gasteiger partial charge in [-0.2, -0.15) is 0 Å². The molecule has 0 aromatic heterocycles. The van der Waals surface area contributed by atoms with Crippen molar-refractivity contribution < 1.29 is 9.90 Å². The van der Waals surface area contributed by atoms with Gasteiger partial charge in [-0.05, 0) is 5.57 Å². The first-order valence-corrected chi connectivity index (χ1v) is 2.32. The first kappa shape index (κ1) is 5.09. The maximum absolute atomic E-state index is 10.4. The van der Waals surface area contributed by atoms with Crippen LogP contribution < -0.4 is 0 Å². The molecule has 1 aliphatic rings. The van der Waals surface area contributed by atoms with Gasteiger partial charge in [-0.3, -0.25) is 4.79 Å². The van der Waals surface area contributed by atoms with Gasteiger partial charge >= 0.3 is 0 Å². The van der Waals surface area contributed by atoms with Crippen LogP contribution in [0.2, 0.25) is 0 Å². The molecule has 0 radical (unpaired) electrons. The topological polar surface area (TPSA) is 37.3 Å². The third-order valence-electron chi connectivity index (χ3n) is 1.05. The zero-order valence-electron chi connectivity index (χ0n) is 4.35. The smallest absolute Gasteiger partial charge is 0.163 e. The second-order valence-corrected chi connectivity index (χ2v) is 1.78. The molecule has 1 rings (SSSR count). The van der Waals surface area contributed by atoms with Crippen LogP contribution in [0.25, 0.3) is 0 Å². The van der Waals surface area contributed by atoms with E-state index in [1.54, 1.807) is 0 Å². The van der Waals surface area contributed by atoms with Gasteiger partial charge in [0.15, 0.2) is 5.78 Å². The van der Waals surface area contributed by atoms with Crippen LogP contribution in [0, 0.1) is 0 Å². The summed E-state index contributed by atoms with van der Waals surface area (Å²) in [6, 6.07) is 0. The molecule has 0 atom stereocenters. The lowest BCUT2D eigenvalue weighted by molar-refractivity contribution is -0.113. The number of hydrogen-bond acceptors (Lipinski definition) is 2. The van der Waals surface area contributed by atoms with Crippen molar-refractivity contribution >= 4 is 5.78 Å². The molecule has 42 valence electrons. The minimum absolute atomic E-state index is 0.0370. The van der Waals surface area contributed by atoms with Gasteiger partial charge in [-0.15, -0.1) is 0 Å². The van der Waals surface area contributed by atoms with Gasteiger partial charge in [0.05, 0.1) is 0 Å². The van der Waals surface area contributed by atoms with Crippen LogP contribution >= 0.6 is 0 Å². The highest BCUT2D eigenvalue weighted by Crippen LogP contribution is 2.16. The minimum atomic E-state index is -0.0625. The molecule has 0 fully saturated rings. The quantitative estimate of drug-likeness (QED) is 0.504. The van der Waals surface area contributed by atoms with E-state index in [0.29, 0.717) is 5.57 Å². The van der Waals surface area contributed by atoms with Crippen LogP contribution in [0.4, 0.5) is 0 Å². The lowest BCUT2D eigenvalue weighted by Crippen LogP contribution is -1.82. The van der Waals surface area contributed by atoms with Crippen LogP contribution in [0.5, 0.6) is 0 Å². The Morgan fingerprint density at radius 2 is 2.38 bits per heavy atom. The van der Waals surface area contributed by atoms with Crippen LogP contribution in [0.3, 0.4) is 0 Å². The summed E-state index contributed by atoms with van der Waals surface area (Å²) in [7, 11) is 0. The molecule has 0 aliphatic heterocycles. The van der Waals surface area contributed by atoms with Gasteiger partial charge < -0.3 is 5.11 Å². The zero-order chi connectivity index (χ0) is 6.15. The number of carbonyl (C=O) groups excluding carboxylic acids is 1. The molecule has 2 heteroatoms. The minimum Gasteiger partial charge on any atom is -0.508 e. The van der Waals surface area contributed by atoms with E-state index in [9.17, 15) is 4.79 Å². The number of carbonyl (C=O) groups is 1. The fourth-order valence-electron chi connectivity index (χ4n) is 0.606. The lowest BCUT2D eigenvalue weighted by atomic mass is 10.2. The number of ketones is 1. The molecule has 1 aliphatic carbocycles. The molecular formula is C6H6O2. The number of aliphatic hydroxyl groups excluding tert-OH is 1. The van der Waals surface area contributed by atoms with Gasteiger partial charge in [0, 0.05) is 12.5 Å². The maximum atomic E-state index is 10.4. The summed E-state index contributed by atoms with van der Waals surface area (Å²) in [4.78, 5) is 10.4. The standard InChI is InChI=1S/C6H6O2/c1-4-2-5(7)3-6(4)8/h3,8H,1-2H2. The van der Waals surface area contributed by atoms with Gasteiger partial charge in [-0.1, -0.05) is 6.58 Å². The first-order chi connectivity index (χ1) is 3.70. The molecule has 0 bridgehead atoms. The van der Waals surface area contributed by atoms with E-state index in [2.05, 4.69) is 6.58 Å². The number of hydrogen-bond donors (Lipinski definition) is 1. The van der Waals surface area contributed by atoms with E-state index in [4.69, 9.17) is 5.11 Å². The van der Waals surface area contributed by atoms with E-state index in [1.807, 2.05) is 0 Å². The largest absolute Gasteiger partial charge is 0.508 e. The second-order valence-electron chi connectivity index (χ2n) is 1.78. The summed E-state index contributed by atoms with van der Waals surface area (Å²) in [5.41, 5.74) is 0.523. The molecule has 8 heavy (non-hydrogen) atoms. The van der Waals surface area contributed by atoms with Crippen molar-refractivity contribution in [2.24, 2.45) is 0 Å². The zero-order valence-corrected chi connectivity index (χ0v) is 4.35. The predicted molar refractivity (Wildman–Crippen MR) is 29.5 cm³/mol. The summed E-state index contributed by atoms with van der Waals surface area (Å²) >= 11 is 0. The van der Waals surface area contributed by atoms with Crippen LogP contribution in [0.1, 0.15) is 6.42 Å². The summed E-state index contributed by atoms with van der Waals surface area (Å²) in [6.07, 6.45) is 1.48. The van der Waals surface area contributed by atoms with E-state index >= 15 is 0 Å². The average molecular weight is 110 g/mol.